The fourth-order valence-corrected chi connectivity index (χ4v) is 1.54. The van der Waals surface area contributed by atoms with Crippen molar-refractivity contribution in [3.63, 3.8) is 0 Å². The highest BCUT2D eigenvalue weighted by Gasteiger charge is 2.22. The van der Waals surface area contributed by atoms with E-state index in [1.165, 1.54) is 7.05 Å². The monoisotopic (exact) mass is 205 g/mol. The molecule has 1 aromatic rings. The summed E-state index contributed by atoms with van der Waals surface area (Å²) in [5.74, 6) is -1.34. The molecule has 0 spiro atoms. The van der Waals surface area contributed by atoms with Crippen LogP contribution in [-0.2, 0) is 10.0 Å². The molecule has 0 saturated heterocycles. The number of aromatic carboxylic acids is 1. The molecule has 1 heterocycles. The molecule has 0 atom stereocenters. The number of nitrogens with one attached hydrogen (secondary N) is 2. The van der Waals surface area contributed by atoms with Gasteiger partial charge in [-0.05, 0) is 7.05 Å². The number of aromatic amines is 1. The number of sulfonamides is 1. The summed E-state index contributed by atoms with van der Waals surface area (Å²) in [7, 11) is -2.60. The molecule has 0 saturated carbocycles. The molecular weight excluding hydrogens is 198 g/mol. The van der Waals surface area contributed by atoms with Crippen LogP contribution in [0.2, 0.25) is 0 Å². The van der Waals surface area contributed by atoms with Gasteiger partial charge in [-0.2, -0.15) is 5.10 Å². The van der Waals surface area contributed by atoms with Crippen LogP contribution in [-0.4, -0.2) is 36.7 Å². The quantitative estimate of drug-likeness (QED) is 0.586. The summed E-state index contributed by atoms with van der Waals surface area (Å²) in [6.07, 6.45) is 0.937. The zero-order valence-corrected chi connectivity index (χ0v) is 7.42. The van der Waals surface area contributed by atoms with Crippen LogP contribution in [0.4, 0.5) is 0 Å². The molecule has 0 aliphatic carbocycles. The van der Waals surface area contributed by atoms with Crippen molar-refractivity contribution in [1.82, 2.24) is 14.9 Å². The minimum absolute atomic E-state index is 0.380. The van der Waals surface area contributed by atoms with E-state index in [2.05, 4.69) is 10.2 Å². The molecular formula is C5H7N3O4S. The van der Waals surface area contributed by atoms with E-state index in [4.69, 9.17) is 5.11 Å². The van der Waals surface area contributed by atoms with E-state index in [0.717, 1.165) is 6.20 Å². The van der Waals surface area contributed by atoms with E-state index < -0.39 is 21.0 Å². The first-order valence-corrected chi connectivity index (χ1v) is 4.67. The highest BCUT2D eigenvalue weighted by atomic mass is 32.2. The average molecular weight is 205 g/mol. The normalized spacial score (nSPS) is 11.5. The van der Waals surface area contributed by atoms with Gasteiger partial charge in [0.2, 0.25) is 0 Å². The highest BCUT2D eigenvalue weighted by molar-refractivity contribution is 7.89. The summed E-state index contributed by atoms with van der Waals surface area (Å²) >= 11 is 0. The summed E-state index contributed by atoms with van der Waals surface area (Å²) < 4.78 is 24.3. The first-order chi connectivity index (χ1) is 5.99. The van der Waals surface area contributed by atoms with Crippen molar-refractivity contribution in [2.75, 3.05) is 7.05 Å². The zero-order valence-electron chi connectivity index (χ0n) is 6.60. The second kappa shape index (κ2) is 3.15. The van der Waals surface area contributed by atoms with Gasteiger partial charge in [-0.15, -0.1) is 0 Å². The number of hydrogen-bond donors (Lipinski definition) is 3. The van der Waals surface area contributed by atoms with E-state index in [1.54, 1.807) is 0 Å². The van der Waals surface area contributed by atoms with Gasteiger partial charge in [0.05, 0.1) is 6.20 Å². The van der Waals surface area contributed by atoms with Crippen molar-refractivity contribution in [3.8, 4) is 0 Å². The van der Waals surface area contributed by atoms with Gasteiger partial charge in [0.25, 0.3) is 10.0 Å². The zero-order chi connectivity index (χ0) is 10.1. The molecule has 0 amide bonds. The van der Waals surface area contributed by atoms with Gasteiger partial charge in [-0.25, -0.2) is 17.9 Å². The first kappa shape index (κ1) is 9.68. The predicted octanol–water partition coefficient (Wildman–Crippen LogP) is -0.984. The Morgan fingerprint density at radius 1 is 1.69 bits per heavy atom. The minimum Gasteiger partial charge on any atom is -0.478 e. The van der Waals surface area contributed by atoms with Gasteiger partial charge in [0, 0.05) is 0 Å². The molecule has 3 N–H and O–H groups in total. The summed E-state index contributed by atoms with van der Waals surface area (Å²) in [4.78, 5) is 10.5. The summed E-state index contributed by atoms with van der Waals surface area (Å²) in [6.45, 7) is 0. The SMILES string of the molecule is CNS(=O)(=O)c1[nH]ncc1C(=O)O. The lowest BCUT2D eigenvalue weighted by molar-refractivity contribution is 0.0692. The minimum atomic E-state index is -3.78. The van der Waals surface area contributed by atoms with Gasteiger partial charge >= 0.3 is 5.97 Å². The van der Waals surface area contributed by atoms with E-state index >= 15 is 0 Å². The van der Waals surface area contributed by atoms with Gasteiger partial charge in [0.1, 0.15) is 5.56 Å². The molecule has 1 rings (SSSR count). The van der Waals surface area contributed by atoms with E-state index in [0.29, 0.717) is 0 Å². The summed E-state index contributed by atoms with van der Waals surface area (Å²) in [5.41, 5.74) is -0.380. The molecule has 0 radical (unpaired) electrons. The maximum Gasteiger partial charge on any atom is 0.340 e. The van der Waals surface area contributed by atoms with E-state index in [9.17, 15) is 13.2 Å². The molecule has 0 aromatic carbocycles. The number of nitrogens with zero attached hydrogens (tertiary/aromatic N) is 1. The van der Waals surface area contributed by atoms with Crippen LogP contribution in [0.3, 0.4) is 0 Å². The number of carbonyl (C=O) groups is 1. The van der Waals surface area contributed by atoms with Crippen molar-refractivity contribution in [2.24, 2.45) is 0 Å². The van der Waals surface area contributed by atoms with Gasteiger partial charge in [-0.3, -0.25) is 5.10 Å². The lowest BCUT2D eigenvalue weighted by atomic mass is 10.4. The topological polar surface area (TPSA) is 112 Å². The lowest BCUT2D eigenvalue weighted by Gasteiger charge is -1.98. The maximum absolute atomic E-state index is 11.1. The smallest absolute Gasteiger partial charge is 0.340 e. The lowest BCUT2D eigenvalue weighted by Crippen LogP contribution is -2.21. The second-order valence-corrected chi connectivity index (χ2v) is 3.95. The van der Waals surface area contributed by atoms with Gasteiger partial charge in [-0.1, -0.05) is 0 Å². The van der Waals surface area contributed by atoms with Gasteiger partial charge in [0.15, 0.2) is 5.03 Å². The average Bonchev–Trinajstić information content (AvgIpc) is 2.52. The third-order valence-corrected chi connectivity index (χ3v) is 2.76. The molecule has 0 aliphatic rings. The molecule has 13 heavy (non-hydrogen) atoms. The van der Waals surface area contributed by atoms with Crippen molar-refractivity contribution in [3.05, 3.63) is 11.8 Å². The van der Waals surface area contributed by atoms with Crippen LogP contribution in [0.15, 0.2) is 11.2 Å². The van der Waals surface area contributed by atoms with Gasteiger partial charge < -0.3 is 5.11 Å². The Hall–Kier alpha value is -1.41. The Kier molecular flexibility index (Phi) is 2.34. The molecule has 0 bridgehead atoms. The van der Waals surface area contributed by atoms with Crippen LogP contribution in [0.25, 0.3) is 0 Å². The fourth-order valence-electron chi connectivity index (χ4n) is 0.734. The maximum atomic E-state index is 11.1. The van der Waals surface area contributed by atoms with Crippen LogP contribution in [0.5, 0.6) is 0 Å². The number of aromatic nitrogens is 2. The first-order valence-electron chi connectivity index (χ1n) is 3.19. The number of carboxylic acids is 1. The Morgan fingerprint density at radius 3 is 2.77 bits per heavy atom. The standard InChI is InChI=1S/C5H7N3O4S/c1-6-13(11,12)4-3(5(9)10)2-7-8-4/h2,6H,1H3,(H,7,8)(H,9,10). The van der Waals surface area contributed by atoms with Crippen LogP contribution >= 0.6 is 0 Å². The predicted molar refractivity (Wildman–Crippen MR) is 41.8 cm³/mol. The van der Waals surface area contributed by atoms with Crippen LogP contribution in [0.1, 0.15) is 10.4 Å². The molecule has 1 aromatic heterocycles. The second-order valence-electron chi connectivity index (χ2n) is 2.13. The summed E-state index contributed by atoms with van der Waals surface area (Å²) in [5, 5.41) is 13.5. The third kappa shape index (κ3) is 1.68. The fraction of sp³-hybridized carbons (Fsp3) is 0.200. The van der Waals surface area contributed by atoms with Crippen LogP contribution < -0.4 is 4.72 Å². The van der Waals surface area contributed by atoms with E-state index in [-0.39, 0.29) is 5.56 Å². The Balaban J connectivity index is 3.31. The van der Waals surface area contributed by atoms with E-state index in [1.807, 2.05) is 4.72 Å². The molecule has 72 valence electrons. The number of carboxylic acid groups (broad SMARTS) is 1. The van der Waals surface area contributed by atoms with Crippen molar-refractivity contribution < 1.29 is 18.3 Å². The largest absolute Gasteiger partial charge is 0.478 e. The van der Waals surface area contributed by atoms with Crippen molar-refractivity contribution in [1.29, 1.82) is 0 Å². The van der Waals surface area contributed by atoms with Crippen molar-refractivity contribution in [2.45, 2.75) is 5.03 Å². The Morgan fingerprint density at radius 2 is 2.31 bits per heavy atom. The highest BCUT2D eigenvalue weighted by Crippen LogP contribution is 2.10. The third-order valence-electron chi connectivity index (χ3n) is 1.37. The summed E-state index contributed by atoms with van der Waals surface area (Å²) in [6, 6.07) is 0. The molecule has 0 unspecified atom stereocenters. The number of H-pyrrole nitrogens is 1. The number of hydrogen-bond acceptors (Lipinski definition) is 4. The Bertz CT molecular complexity index is 421. The molecule has 0 fully saturated rings. The molecule has 0 aliphatic heterocycles. The molecule has 7 nitrogen and oxygen atoms in total. The molecule has 8 heteroatoms. The Labute approximate surface area is 73.8 Å². The van der Waals surface area contributed by atoms with Crippen LogP contribution in [0, 0.1) is 0 Å². The van der Waals surface area contributed by atoms with Crippen molar-refractivity contribution >= 4 is 16.0 Å². The number of rotatable bonds is 3.